The maximum atomic E-state index is 15.8. The monoisotopic (exact) mass is 626 g/mol. The fraction of sp³-hybridized carbons (Fsp3) is 0.867. The molecule has 0 spiro atoms. The van der Waals surface area contributed by atoms with Crippen LogP contribution in [-0.2, 0) is 9.53 Å². The molecule has 1 aliphatic carbocycles. The number of piperidine rings is 2. The van der Waals surface area contributed by atoms with Crippen molar-refractivity contribution in [1.82, 2.24) is 30.7 Å². The van der Waals surface area contributed by atoms with Crippen molar-refractivity contribution >= 4 is 35.3 Å². The number of rotatable bonds is 3. The molecule has 5 saturated heterocycles. The summed E-state index contributed by atoms with van der Waals surface area (Å²) >= 11 is 9.13. The molecule has 11 atom stereocenters. The Morgan fingerprint density at radius 1 is 1.19 bits per heavy atom. The molecule has 6 rings (SSSR count). The largest absolute Gasteiger partial charge is 0.377 e. The van der Waals surface area contributed by atoms with Gasteiger partial charge in [-0.2, -0.15) is 11.8 Å². The van der Waals surface area contributed by atoms with E-state index in [2.05, 4.69) is 46.2 Å². The predicted octanol–water partition coefficient (Wildman–Crippen LogP) is 2.60. The SMILES string of the molecule is C=CC(=O)N1CCN(C2NC(=O)N3C4NC(C(Cl)CC24)C2C(F)CCCC2OCCSC2CCNC(C(C)C)C23)CC1. The molecule has 12 heteroatoms. The molecule has 3 amide bonds. The van der Waals surface area contributed by atoms with E-state index in [1.54, 1.807) is 0 Å². The van der Waals surface area contributed by atoms with E-state index in [4.69, 9.17) is 16.3 Å². The number of carbonyl (C=O) groups excluding carboxylic acids is 2. The molecule has 0 radical (unpaired) electrons. The maximum Gasteiger partial charge on any atom is 0.320 e. The average Bonchev–Trinajstić information content (AvgIpc) is 2.98. The summed E-state index contributed by atoms with van der Waals surface area (Å²) in [6.45, 7) is 12.1. The molecule has 9 nitrogen and oxygen atoms in total. The third kappa shape index (κ3) is 5.83. The second kappa shape index (κ2) is 13.1. The van der Waals surface area contributed by atoms with Gasteiger partial charge < -0.3 is 25.2 Å². The van der Waals surface area contributed by atoms with Gasteiger partial charge in [-0.3, -0.25) is 15.0 Å². The predicted molar refractivity (Wildman–Crippen MR) is 164 cm³/mol. The van der Waals surface area contributed by atoms with Crippen molar-refractivity contribution in [2.24, 2.45) is 17.8 Å². The highest BCUT2D eigenvalue weighted by molar-refractivity contribution is 8.00. The molecule has 3 N–H and O–H groups in total. The zero-order chi connectivity index (χ0) is 29.5. The van der Waals surface area contributed by atoms with E-state index < -0.39 is 6.17 Å². The average molecular weight is 627 g/mol. The highest BCUT2D eigenvalue weighted by Crippen LogP contribution is 2.43. The topological polar surface area (TPSA) is 89.2 Å². The van der Waals surface area contributed by atoms with Crippen LogP contribution >= 0.6 is 23.4 Å². The van der Waals surface area contributed by atoms with E-state index in [0.29, 0.717) is 51.5 Å². The minimum Gasteiger partial charge on any atom is -0.377 e. The van der Waals surface area contributed by atoms with E-state index in [-0.39, 0.29) is 71.0 Å². The summed E-state index contributed by atoms with van der Waals surface area (Å²) in [7, 11) is 0. The Balaban J connectivity index is 1.36. The number of amides is 3. The molecule has 6 aliphatic rings. The Morgan fingerprint density at radius 2 is 1.98 bits per heavy atom. The van der Waals surface area contributed by atoms with Gasteiger partial charge in [-0.15, -0.1) is 11.6 Å². The summed E-state index contributed by atoms with van der Waals surface area (Å²) in [6.07, 6.45) is 3.54. The number of alkyl halides is 2. The Kier molecular flexibility index (Phi) is 9.63. The Bertz CT molecular complexity index is 1000. The Morgan fingerprint density at radius 3 is 2.71 bits per heavy atom. The van der Waals surface area contributed by atoms with Gasteiger partial charge in [-0.25, -0.2) is 9.18 Å². The number of hydrogen-bond donors (Lipinski definition) is 3. The zero-order valence-corrected chi connectivity index (χ0v) is 26.5. The van der Waals surface area contributed by atoms with Gasteiger partial charge in [0.05, 0.1) is 31.1 Å². The molecule has 5 heterocycles. The van der Waals surface area contributed by atoms with Crippen LogP contribution in [0.15, 0.2) is 12.7 Å². The molecule has 11 unspecified atom stereocenters. The van der Waals surface area contributed by atoms with Gasteiger partial charge >= 0.3 is 6.03 Å². The van der Waals surface area contributed by atoms with Gasteiger partial charge in [0.2, 0.25) is 5.91 Å². The van der Waals surface area contributed by atoms with E-state index >= 15 is 4.39 Å². The summed E-state index contributed by atoms with van der Waals surface area (Å²) in [4.78, 5) is 32.8. The minimum absolute atomic E-state index is 0.00690. The van der Waals surface area contributed by atoms with Crippen molar-refractivity contribution in [2.75, 3.05) is 45.1 Å². The number of fused-ring (bicyclic) bond motifs is 5. The number of hydrogen-bond acceptors (Lipinski definition) is 7. The van der Waals surface area contributed by atoms with Crippen LogP contribution in [0, 0.1) is 17.8 Å². The molecular weight excluding hydrogens is 579 g/mol. The minimum atomic E-state index is -0.987. The number of piperazine rings is 1. The van der Waals surface area contributed by atoms with Crippen LogP contribution in [0.2, 0.25) is 0 Å². The molecular formula is C30H48ClFN6O3S. The lowest BCUT2D eigenvalue weighted by molar-refractivity contribution is -0.129. The lowest BCUT2D eigenvalue weighted by Gasteiger charge is -2.60. The number of nitrogens with zero attached hydrogens (tertiary/aromatic N) is 3. The molecule has 236 valence electrons. The first-order valence-electron chi connectivity index (χ1n) is 16.0. The first kappa shape index (κ1) is 30.9. The highest BCUT2D eigenvalue weighted by Gasteiger charge is 2.57. The lowest BCUT2D eigenvalue weighted by Crippen LogP contribution is -2.80. The van der Waals surface area contributed by atoms with Crippen molar-refractivity contribution in [1.29, 1.82) is 0 Å². The molecule has 1 saturated carbocycles. The van der Waals surface area contributed by atoms with Crippen LogP contribution in [0.1, 0.15) is 46.0 Å². The lowest BCUT2D eigenvalue weighted by atomic mass is 9.74. The summed E-state index contributed by atoms with van der Waals surface area (Å²) < 4.78 is 22.2. The summed E-state index contributed by atoms with van der Waals surface area (Å²) in [5.74, 6) is 0.766. The molecule has 2 bridgehead atoms. The zero-order valence-electron chi connectivity index (χ0n) is 24.9. The van der Waals surface area contributed by atoms with Crippen molar-refractivity contribution in [3.8, 4) is 0 Å². The van der Waals surface area contributed by atoms with Crippen molar-refractivity contribution in [3.63, 3.8) is 0 Å². The molecule has 42 heavy (non-hydrogen) atoms. The number of carbonyl (C=O) groups is 2. The molecule has 6 fully saturated rings. The van der Waals surface area contributed by atoms with Gasteiger partial charge in [0.25, 0.3) is 0 Å². The second-order valence-corrected chi connectivity index (χ2v) is 15.2. The van der Waals surface area contributed by atoms with Gasteiger partial charge in [0.15, 0.2) is 0 Å². The van der Waals surface area contributed by atoms with Gasteiger partial charge in [-0.1, -0.05) is 20.4 Å². The van der Waals surface area contributed by atoms with E-state index in [1.165, 1.54) is 6.08 Å². The molecule has 0 aromatic carbocycles. The van der Waals surface area contributed by atoms with E-state index in [1.807, 2.05) is 16.7 Å². The summed E-state index contributed by atoms with van der Waals surface area (Å²) in [5, 5.41) is 11.0. The molecule has 5 aliphatic heterocycles. The highest BCUT2D eigenvalue weighted by atomic mass is 35.5. The Hall–Kier alpha value is -1.11. The van der Waals surface area contributed by atoms with Crippen LogP contribution < -0.4 is 16.0 Å². The van der Waals surface area contributed by atoms with Crippen LogP contribution in [-0.4, -0.2) is 125 Å². The number of nitrogens with one attached hydrogen (secondary N) is 3. The number of ether oxygens (including phenoxy) is 1. The number of halogens is 2. The van der Waals surface area contributed by atoms with Crippen molar-refractivity contribution in [3.05, 3.63) is 12.7 Å². The van der Waals surface area contributed by atoms with Crippen LogP contribution in [0.3, 0.4) is 0 Å². The van der Waals surface area contributed by atoms with Crippen LogP contribution in [0.4, 0.5) is 9.18 Å². The van der Waals surface area contributed by atoms with E-state index in [0.717, 1.165) is 31.6 Å². The maximum absolute atomic E-state index is 15.8. The first-order valence-corrected chi connectivity index (χ1v) is 17.5. The first-order chi connectivity index (χ1) is 20.3. The van der Waals surface area contributed by atoms with Gasteiger partial charge in [-0.05, 0) is 50.6 Å². The summed E-state index contributed by atoms with van der Waals surface area (Å²) in [5.41, 5.74) is 0. The number of thioether (sulfide) groups is 1. The van der Waals surface area contributed by atoms with Crippen molar-refractivity contribution < 1.29 is 18.7 Å². The van der Waals surface area contributed by atoms with Gasteiger partial charge in [0.1, 0.15) is 6.17 Å². The quantitative estimate of drug-likeness (QED) is 0.328. The third-order valence-electron chi connectivity index (χ3n) is 10.6. The second-order valence-electron chi connectivity index (χ2n) is 13.3. The Labute approximate surface area is 259 Å². The van der Waals surface area contributed by atoms with E-state index in [9.17, 15) is 9.59 Å². The summed E-state index contributed by atoms with van der Waals surface area (Å²) in [6, 6.07) is -0.242. The smallest absolute Gasteiger partial charge is 0.320 e. The normalized spacial score (nSPS) is 43.4. The van der Waals surface area contributed by atoms with Crippen LogP contribution in [0.5, 0.6) is 0 Å². The fourth-order valence-corrected chi connectivity index (χ4v) is 10.4. The standard InChI is InChI=1S/C30H48ClFN6O3S/c1-4-23(39)36-10-12-37(13-11-36)28-18-16-19(31)26-24-20(32)6-5-7-21(24)41-14-15-42-22-8-9-33-25(17(2)3)27(22)38(29(18)34-26)30(40)35-28/h4,17-22,24-29,33-34H,1,5-16H2,2-3H3,(H,35,40). The molecule has 0 aromatic rings. The third-order valence-corrected chi connectivity index (χ3v) is 12.4. The van der Waals surface area contributed by atoms with Gasteiger partial charge in [0, 0.05) is 66.5 Å². The molecule has 0 aromatic heterocycles. The van der Waals surface area contributed by atoms with Crippen LogP contribution in [0.25, 0.3) is 0 Å². The van der Waals surface area contributed by atoms with Crippen molar-refractivity contribution in [2.45, 2.75) is 99.3 Å². The fourth-order valence-electron chi connectivity index (χ4n) is 8.63. The number of urea groups is 1.